The van der Waals surface area contributed by atoms with Crippen molar-refractivity contribution in [2.75, 3.05) is 18.5 Å². The summed E-state index contributed by atoms with van der Waals surface area (Å²) in [5.41, 5.74) is 0.826. The van der Waals surface area contributed by atoms with Crippen LogP contribution in [0.2, 0.25) is 0 Å². The highest BCUT2D eigenvalue weighted by Crippen LogP contribution is 2.31. The number of hydrogen-bond acceptors (Lipinski definition) is 6. The second-order valence-corrected chi connectivity index (χ2v) is 4.21. The molecule has 2 aromatic rings. The smallest absolute Gasteiger partial charge is 0.215 e. The topological polar surface area (TPSA) is 72.1 Å². The van der Waals surface area contributed by atoms with Crippen molar-refractivity contribution < 1.29 is 9.47 Å². The van der Waals surface area contributed by atoms with Gasteiger partial charge in [-0.15, -0.1) is 0 Å². The molecule has 0 aliphatic rings. The van der Waals surface area contributed by atoms with Gasteiger partial charge in [0.1, 0.15) is 0 Å². The Balaban J connectivity index is 2.24. The summed E-state index contributed by atoms with van der Waals surface area (Å²) in [4.78, 5) is 4.12. The molecule has 0 aliphatic carbocycles. The second-order valence-electron chi connectivity index (χ2n) is 3.82. The SMILES string of the molecule is CCOc1ccc(Nc2cn[nH]c(=S)n2)cc1OCC. The van der Waals surface area contributed by atoms with Gasteiger partial charge in [0.05, 0.1) is 19.4 Å². The van der Waals surface area contributed by atoms with E-state index >= 15 is 0 Å². The summed E-state index contributed by atoms with van der Waals surface area (Å²) in [6.45, 7) is 5.02. The van der Waals surface area contributed by atoms with Gasteiger partial charge in [0, 0.05) is 11.8 Å². The Bertz CT molecular complexity index is 630. The van der Waals surface area contributed by atoms with Gasteiger partial charge in [0.15, 0.2) is 17.3 Å². The van der Waals surface area contributed by atoms with E-state index < -0.39 is 0 Å². The fraction of sp³-hybridized carbons (Fsp3) is 0.308. The molecule has 0 saturated heterocycles. The molecule has 0 aliphatic heterocycles. The van der Waals surface area contributed by atoms with E-state index in [1.807, 2.05) is 32.0 Å². The Morgan fingerprint density at radius 2 is 1.95 bits per heavy atom. The van der Waals surface area contributed by atoms with Crippen molar-refractivity contribution in [3.8, 4) is 11.5 Å². The lowest BCUT2D eigenvalue weighted by molar-refractivity contribution is 0.288. The van der Waals surface area contributed by atoms with Crippen LogP contribution in [0.4, 0.5) is 11.5 Å². The van der Waals surface area contributed by atoms with E-state index in [4.69, 9.17) is 21.7 Å². The van der Waals surface area contributed by atoms with Crippen LogP contribution in [-0.4, -0.2) is 28.4 Å². The second kappa shape index (κ2) is 6.85. The Morgan fingerprint density at radius 1 is 1.20 bits per heavy atom. The number of benzene rings is 1. The average molecular weight is 292 g/mol. The number of nitrogens with zero attached hydrogens (tertiary/aromatic N) is 2. The van der Waals surface area contributed by atoms with Crippen LogP contribution in [0.3, 0.4) is 0 Å². The van der Waals surface area contributed by atoms with E-state index in [0.29, 0.717) is 29.6 Å². The lowest BCUT2D eigenvalue weighted by Crippen LogP contribution is -2.00. The molecule has 1 aromatic heterocycles. The zero-order valence-electron chi connectivity index (χ0n) is 11.3. The van der Waals surface area contributed by atoms with Gasteiger partial charge in [-0.05, 0) is 38.2 Å². The Morgan fingerprint density at radius 3 is 2.65 bits per heavy atom. The van der Waals surface area contributed by atoms with Crippen molar-refractivity contribution in [2.45, 2.75) is 13.8 Å². The quantitative estimate of drug-likeness (QED) is 0.797. The summed E-state index contributed by atoms with van der Waals surface area (Å²) < 4.78 is 11.4. The van der Waals surface area contributed by atoms with Crippen molar-refractivity contribution in [1.82, 2.24) is 15.2 Å². The van der Waals surface area contributed by atoms with Gasteiger partial charge in [-0.3, -0.25) is 5.10 Å². The Labute approximate surface area is 122 Å². The van der Waals surface area contributed by atoms with Crippen LogP contribution in [0.5, 0.6) is 11.5 Å². The average Bonchev–Trinajstić information content (AvgIpc) is 2.42. The van der Waals surface area contributed by atoms with E-state index in [1.165, 1.54) is 0 Å². The third-order valence-corrected chi connectivity index (χ3v) is 2.57. The minimum Gasteiger partial charge on any atom is -0.490 e. The summed E-state index contributed by atoms with van der Waals surface area (Å²) in [5.74, 6) is 1.98. The summed E-state index contributed by atoms with van der Waals surface area (Å²) in [6.07, 6.45) is 1.56. The number of hydrogen-bond donors (Lipinski definition) is 2. The van der Waals surface area contributed by atoms with Crippen LogP contribution in [0.1, 0.15) is 13.8 Å². The van der Waals surface area contributed by atoms with Crippen LogP contribution in [0.15, 0.2) is 24.4 Å². The molecule has 0 amide bonds. The first-order valence-corrected chi connectivity index (χ1v) is 6.72. The summed E-state index contributed by atoms with van der Waals surface area (Å²) in [7, 11) is 0. The summed E-state index contributed by atoms with van der Waals surface area (Å²) >= 11 is 4.92. The molecule has 2 N–H and O–H groups in total. The molecule has 20 heavy (non-hydrogen) atoms. The maximum Gasteiger partial charge on any atom is 0.215 e. The molecule has 106 valence electrons. The van der Waals surface area contributed by atoms with E-state index in [1.54, 1.807) is 6.20 Å². The molecule has 0 saturated carbocycles. The molecule has 7 heteroatoms. The van der Waals surface area contributed by atoms with Gasteiger partial charge < -0.3 is 14.8 Å². The van der Waals surface area contributed by atoms with Crippen molar-refractivity contribution >= 4 is 23.7 Å². The molecule has 1 heterocycles. The fourth-order valence-electron chi connectivity index (χ4n) is 1.65. The molecule has 0 unspecified atom stereocenters. The predicted octanol–water partition coefficient (Wildman–Crippen LogP) is 3.08. The highest BCUT2D eigenvalue weighted by Gasteiger charge is 2.06. The van der Waals surface area contributed by atoms with Crippen LogP contribution in [0.25, 0.3) is 0 Å². The van der Waals surface area contributed by atoms with Gasteiger partial charge in [0.2, 0.25) is 4.77 Å². The first kappa shape index (κ1) is 14.3. The standard InChI is InChI=1S/C13H16N4O2S/c1-3-18-10-6-5-9(7-11(10)19-4-2)15-12-8-14-17-13(20)16-12/h5-8H,3-4H2,1-2H3,(H2,15,16,17,20). The van der Waals surface area contributed by atoms with Gasteiger partial charge in [0.25, 0.3) is 0 Å². The van der Waals surface area contributed by atoms with Crippen LogP contribution in [0, 0.1) is 4.77 Å². The van der Waals surface area contributed by atoms with E-state index in [2.05, 4.69) is 20.5 Å². The molecular weight excluding hydrogens is 276 g/mol. The molecule has 0 bridgehead atoms. The number of ether oxygens (including phenoxy) is 2. The number of aromatic nitrogens is 3. The van der Waals surface area contributed by atoms with E-state index in [-0.39, 0.29) is 0 Å². The first-order chi connectivity index (χ1) is 9.72. The Hall–Kier alpha value is -2.15. The number of aromatic amines is 1. The Kier molecular flexibility index (Phi) is 4.89. The first-order valence-electron chi connectivity index (χ1n) is 6.31. The van der Waals surface area contributed by atoms with Gasteiger partial charge in [-0.1, -0.05) is 0 Å². The van der Waals surface area contributed by atoms with Gasteiger partial charge in [-0.25, -0.2) is 0 Å². The molecule has 0 atom stereocenters. The summed E-state index contributed by atoms with van der Waals surface area (Å²) in [5, 5.41) is 9.58. The summed E-state index contributed by atoms with van der Waals surface area (Å²) in [6, 6.07) is 5.60. The van der Waals surface area contributed by atoms with Crippen molar-refractivity contribution in [1.29, 1.82) is 0 Å². The molecule has 0 spiro atoms. The van der Waals surface area contributed by atoms with Crippen LogP contribution < -0.4 is 14.8 Å². The molecule has 2 rings (SSSR count). The minimum absolute atomic E-state index is 0.325. The van der Waals surface area contributed by atoms with Gasteiger partial charge >= 0.3 is 0 Å². The lowest BCUT2D eigenvalue weighted by atomic mass is 10.2. The van der Waals surface area contributed by atoms with Gasteiger partial charge in [-0.2, -0.15) is 10.1 Å². The normalized spacial score (nSPS) is 10.1. The maximum atomic E-state index is 5.56. The highest BCUT2D eigenvalue weighted by atomic mass is 32.1. The zero-order valence-corrected chi connectivity index (χ0v) is 12.2. The third-order valence-electron chi connectivity index (χ3n) is 2.38. The zero-order chi connectivity index (χ0) is 14.4. The fourth-order valence-corrected chi connectivity index (χ4v) is 1.80. The van der Waals surface area contributed by atoms with Crippen molar-refractivity contribution in [2.24, 2.45) is 0 Å². The molecular formula is C13H16N4O2S. The van der Waals surface area contributed by atoms with E-state index in [0.717, 1.165) is 11.4 Å². The molecule has 0 radical (unpaired) electrons. The predicted molar refractivity (Wildman–Crippen MR) is 79.3 cm³/mol. The van der Waals surface area contributed by atoms with E-state index in [9.17, 15) is 0 Å². The third kappa shape index (κ3) is 3.67. The largest absolute Gasteiger partial charge is 0.490 e. The molecule has 6 nitrogen and oxygen atoms in total. The van der Waals surface area contributed by atoms with Crippen LogP contribution in [-0.2, 0) is 0 Å². The monoisotopic (exact) mass is 292 g/mol. The van der Waals surface area contributed by atoms with Crippen LogP contribution >= 0.6 is 12.2 Å². The number of nitrogens with one attached hydrogen (secondary N) is 2. The number of rotatable bonds is 6. The number of H-pyrrole nitrogens is 1. The molecule has 0 fully saturated rings. The minimum atomic E-state index is 0.325. The lowest BCUT2D eigenvalue weighted by Gasteiger charge is -2.13. The molecule has 1 aromatic carbocycles. The highest BCUT2D eigenvalue weighted by molar-refractivity contribution is 7.71. The van der Waals surface area contributed by atoms with Crippen molar-refractivity contribution in [3.05, 3.63) is 29.2 Å². The number of anilines is 2. The maximum absolute atomic E-state index is 5.56. The van der Waals surface area contributed by atoms with Crippen molar-refractivity contribution in [3.63, 3.8) is 0 Å².